The second-order valence-electron chi connectivity index (χ2n) is 4.22. The van der Waals surface area contributed by atoms with Gasteiger partial charge in [0.2, 0.25) is 0 Å². The highest BCUT2D eigenvalue weighted by Gasteiger charge is 2.11. The maximum atomic E-state index is 13.3. The summed E-state index contributed by atoms with van der Waals surface area (Å²) in [5, 5.41) is 4.43. The third kappa shape index (κ3) is 2.75. The Morgan fingerprint density at radius 1 is 1.33 bits per heavy atom. The number of rotatable bonds is 3. The van der Waals surface area contributed by atoms with E-state index in [-0.39, 0.29) is 5.82 Å². The van der Waals surface area contributed by atoms with Crippen molar-refractivity contribution < 1.29 is 4.39 Å². The van der Waals surface area contributed by atoms with Gasteiger partial charge in [0.1, 0.15) is 5.82 Å². The second-order valence-corrected chi connectivity index (χ2v) is 5.40. The largest absolute Gasteiger partial charge is 0.265 e. The summed E-state index contributed by atoms with van der Waals surface area (Å²) in [6, 6.07) is 4.84. The van der Waals surface area contributed by atoms with E-state index in [1.807, 2.05) is 24.6 Å². The minimum Gasteiger partial charge on any atom is -0.265 e. The highest BCUT2D eigenvalue weighted by Crippen LogP contribution is 2.19. The van der Waals surface area contributed by atoms with Crippen LogP contribution in [-0.4, -0.2) is 9.78 Å². The monoisotopic (exact) mass is 330 g/mol. The number of aryl methyl sites for hydroxylation is 1. The summed E-state index contributed by atoms with van der Waals surface area (Å²) in [6.45, 7) is 4.45. The average molecular weight is 332 g/mol. The Labute approximate surface area is 119 Å². The van der Waals surface area contributed by atoms with Crippen LogP contribution < -0.4 is 0 Å². The molecule has 18 heavy (non-hydrogen) atoms. The van der Waals surface area contributed by atoms with Crippen molar-refractivity contribution in [2.45, 2.75) is 26.3 Å². The molecule has 0 aliphatic heterocycles. The highest BCUT2D eigenvalue weighted by atomic mass is 79.9. The van der Waals surface area contributed by atoms with E-state index in [4.69, 9.17) is 11.6 Å². The zero-order valence-corrected chi connectivity index (χ0v) is 12.5. The van der Waals surface area contributed by atoms with Crippen LogP contribution in [0.1, 0.15) is 22.5 Å². The van der Waals surface area contributed by atoms with Crippen molar-refractivity contribution in [2.75, 3.05) is 0 Å². The summed E-state index contributed by atoms with van der Waals surface area (Å²) in [6.07, 6.45) is 0. The maximum absolute atomic E-state index is 13.3. The molecule has 2 nitrogen and oxygen atoms in total. The topological polar surface area (TPSA) is 17.8 Å². The average Bonchev–Trinajstić information content (AvgIpc) is 2.52. The van der Waals surface area contributed by atoms with E-state index >= 15 is 0 Å². The van der Waals surface area contributed by atoms with Gasteiger partial charge in [-0.1, -0.05) is 15.9 Å². The zero-order chi connectivity index (χ0) is 13.3. The number of aromatic nitrogens is 2. The van der Waals surface area contributed by atoms with Crippen molar-refractivity contribution in [3.8, 4) is 0 Å². The lowest BCUT2D eigenvalue weighted by Crippen LogP contribution is -2.04. The molecule has 0 fully saturated rings. The Hall–Kier alpha value is -0.870. The van der Waals surface area contributed by atoms with Gasteiger partial charge in [-0.25, -0.2) is 4.39 Å². The molecule has 0 radical (unpaired) electrons. The molecule has 0 atom stereocenters. The van der Waals surface area contributed by atoms with Crippen LogP contribution in [0.2, 0.25) is 0 Å². The summed E-state index contributed by atoms with van der Waals surface area (Å²) in [5.41, 5.74) is 3.88. The molecule has 96 valence electrons. The smallest absolute Gasteiger partial charge is 0.124 e. The van der Waals surface area contributed by atoms with E-state index in [0.29, 0.717) is 12.4 Å². The molecule has 2 rings (SSSR count). The van der Waals surface area contributed by atoms with Crippen LogP contribution in [0.3, 0.4) is 0 Å². The quantitative estimate of drug-likeness (QED) is 0.771. The highest BCUT2D eigenvalue weighted by molar-refractivity contribution is 9.10. The summed E-state index contributed by atoms with van der Waals surface area (Å²) in [4.78, 5) is 0. The predicted molar refractivity (Wildman–Crippen MR) is 74.5 cm³/mol. The zero-order valence-electron chi connectivity index (χ0n) is 10.2. The van der Waals surface area contributed by atoms with Crippen LogP contribution in [0.15, 0.2) is 22.7 Å². The second kappa shape index (κ2) is 5.41. The van der Waals surface area contributed by atoms with E-state index in [1.165, 1.54) is 12.1 Å². The Bertz CT molecular complexity index is 560. The first-order chi connectivity index (χ1) is 8.51. The van der Waals surface area contributed by atoms with Crippen molar-refractivity contribution in [2.24, 2.45) is 0 Å². The van der Waals surface area contributed by atoms with E-state index in [2.05, 4.69) is 21.0 Å². The van der Waals surface area contributed by atoms with Crippen LogP contribution in [0.4, 0.5) is 4.39 Å². The molecule has 0 amide bonds. The molecule has 0 N–H and O–H groups in total. The van der Waals surface area contributed by atoms with Crippen molar-refractivity contribution in [1.29, 1.82) is 0 Å². The number of halogens is 3. The summed E-state index contributed by atoms with van der Waals surface area (Å²) < 4.78 is 15.9. The van der Waals surface area contributed by atoms with Crippen LogP contribution >= 0.6 is 27.5 Å². The first kappa shape index (κ1) is 13.6. The molecule has 0 aliphatic carbocycles. The lowest BCUT2D eigenvalue weighted by molar-refractivity contribution is 0.614. The molecule has 0 spiro atoms. The lowest BCUT2D eigenvalue weighted by atomic mass is 10.2. The van der Waals surface area contributed by atoms with Crippen LogP contribution in [0, 0.1) is 19.7 Å². The Morgan fingerprint density at radius 2 is 2.06 bits per heavy atom. The number of alkyl halides is 1. The fourth-order valence-electron chi connectivity index (χ4n) is 1.96. The normalized spacial score (nSPS) is 10.9. The van der Waals surface area contributed by atoms with Gasteiger partial charge in [0, 0.05) is 15.7 Å². The fraction of sp³-hybridized carbons (Fsp3) is 0.308. The molecule has 5 heteroatoms. The molecule has 1 aromatic heterocycles. The number of hydrogen-bond acceptors (Lipinski definition) is 1. The van der Waals surface area contributed by atoms with Gasteiger partial charge in [-0.05, 0) is 37.6 Å². The Kier molecular flexibility index (Phi) is 4.07. The molecule has 0 unspecified atom stereocenters. The molecule has 1 heterocycles. The summed E-state index contributed by atoms with van der Waals surface area (Å²) in [5.74, 6) is 0.198. The van der Waals surface area contributed by atoms with Gasteiger partial charge in [0.15, 0.2) is 0 Å². The standard InChI is InChI=1S/C13H13BrClFN2/c1-8-13(6-15)9(2)18(17-8)7-10-3-11(14)5-12(16)4-10/h3-5H,6-7H2,1-2H3. The minimum atomic E-state index is -0.251. The number of nitrogens with zero attached hydrogens (tertiary/aromatic N) is 2. The van der Waals surface area contributed by atoms with Crippen molar-refractivity contribution in [3.05, 3.63) is 51.0 Å². The van der Waals surface area contributed by atoms with Gasteiger partial charge in [-0.15, -0.1) is 11.6 Å². The maximum Gasteiger partial charge on any atom is 0.124 e. The van der Waals surface area contributed by atoms with Gasteiger partial charge in [0.05, 0.1) is 18.1 Å². The van der Waals surface area contributed by atoms with E-state index in [0.717, 1.165) is 27.0 Å². The fourth-order valence-corrected chi connectivity index (χ4v) is 2.86. The van der Waals surface area contributed by atoms with Crippen LogP contribution in [0.25, 0.3) is 0 Å². The molecule has 0 saturated heterocycles. The van der Waals surface area contributed by atoms with Gasteiger partial charge in [-0.2, -0.15) is 5.10 Å². The van der Waals surface area contributed by atoms with Gasteiger partial charge in [0.25, 0.3) is 0 Å². The van der Waals surface area contributed by atoms with E-state index in [1.54, 1.807) is 0 Å². The third-order valence-electron chi connectivity index (χ3n) is 2.92. The molecular weight excluding hydrogens is 319 g/mol. The molecule has 0 aliphatic rings. The van der Waals surface area contributed by atoms with Gasteiger partial charge >= 0.3 is 0 Å². The van der Waals surface area contributed by atoms with E-state index < -0.39 is 0 Å². The van der Waals surface area contributed by atoms with Crippen LogP contribution in [-0.2, 0) is 12.4 Å². The minimum absolute atomic E-state index is 0.251. The predicted octanol–water partition coefficient (Wildman–Crippen LogP) is 4.19. The Balaban J connectivity index is 2.34. The van der Waals surface area contributed by atoms with Gasteiger partial charge < -0.3 is 0 Å². The van der Waals surface area contributed by atoms with Crippen molar-refractivity contribution in [1.82, 2.24) is 9.78 Å². The molecule has 0 bridgehead atoms. The summed E-state index contributed by atoms with van der Waals surface area (Å²) >= 11 is 9.17. The number of benzene rings is 1. The summed E-state index contributed by atoms with van der Waals surface area (Å²) in [7, 11) is 0. The van der Waals surface area contributed by atoms with Gasteiger partial charge in [-0.3, -0.25) is 4.68 Å². The van der Waals surface area contributed by atoms with Crippen molar-refractivity contribution in [3.63, 3.8) is 0 Å². The first-order valence-corrected chi connectivity index (χ1v) is 6.88. The molecular formula is C13H13BrClFN2. The molecule has 1 aromatic carbocycles. The molecule has 0 saturated carbocycles. The number of hydrogen-bond donors (Lipinski definition) is 0. The first-order valence-electron chi connectivity index (χ1n) is 5.55. The molecule has 2 aromatic rings. The Morgan fingerprint density at radius 3 is 2.61 bits per heavy atom. The SMILES string of the molecule is Cc1nn(Cc2cc(F)cc(Br)c2)c(C)c1CCl. The van der Waals surface area contributed by atoms with Crippen LogP contribution in [0.5, 0.6) is 0 Å². The third-order valence-corrected chi connectivity index (χ3v) is 3.64. The van der Waals surface area contributed by atoms with Crippen molar-refractivity contribution >= 4 is 27.5 Å². The lowest BCUT2D eigenvalue weighted by Gasteiger charge is -2.06. The van der Waals surface area contributed by atoms with E-state index in [9.17, 15) is 4.39 Å².